The molecule has 0 aliphatic carbocycles. The first-order valence-corrected chi connectivity index (χ1v) is 2.88. The standard InChI is InChI=1S/C5H10N2S/c1-2-4(6)5(7)3-8/h3H,2,6-7H2,1H3. The Hall–Kier alpha value is -0.570. The minimum Gasteiger partial charge on any atom is -0.400 e. The molecule has 2 nitrogen and oxygen atoms in total. The van der Waals surface area contributed by atoms with Crippen molar-refractivity contribution in [1.29, 1.82) is 0 Å². The third-order valence-corrected chi connectivity index (χ3v) is 1.13. The summed E-state index contributed by atoms with van der Waals surface area (Å²) < 4.78 is 0. The lowest BCUT2D eigenvalue weighted by atomic mass is 10.3. The molecule has 0 amide bonds. The van der Waals surface area contributed by atoms with E-state index in [2.05, 4.69) is 12.2 Å². The minimum atomic E-state index is 0.516. The van der Waals surface area contributed by atoms with Crippen LogP contribution in [0.4, 0.5) is 0 Å². The van der Waals surface area contributed by atoms with Crippen molar-refractivity contribution >= 4 is 17.6 Å². The SMILES string of the molecule is CCC(N)=C(N)C=S. The Labute approximate surface area is 54.5 Å². The molecule has 0 radical (unpaired) electrons. The van der Waals surface area contributed by atoms with Crippen LogP contribution >= 0.6 is 12.2 Å². The molecule has 0 rings (SSSR count). The summed E-state index contributed by atoms with van der Waals surface area (Å²) in [5, 5.41) is 1.39. The summed E-state index contributed by atoms with van der Waals surface area (Å²) in [6, 6.07) is 0. The topological polar surface area (TPSA) is 52.0 Å². The Balaban J connectivity index is 4.03. The van der Waals surface area contributed by atoms with E-state index in [-0.39, 0.29) is 0 Å². The van der Waals surface area contributed by atoms with Gasteiger partial charge < -0.3 is 11.5 Å². The van der Waals surface area contributed by atoms with Crippen LogP contribution in [-0.4, -0.2) is 5.37 Å². The zero-order chi connectivity index (χ0) is 6.57. The van der Waals surface area contributed by atoms with Crippen molar-refractivity contribution in [3.8, 4) is 0 Å². The maximum Gasteiger partial charge on any atom is 0.0613 e. The van der Waals surface area contributed by atoms with E-state index < -0.39 is 0 Å². The van der Waals surface area contributed by atoms with Gasteiger partial charge in [-0.3, -0.25) is 0 Å². The first-order chi connectivity index (χ1) is 3.72. The van der Waals surface area contributed by atoms with E-state index >= 15 is 0 Å². The fraction of sp³-hybridized carbons (Fsp3) is 0.400. The molecule has 0 aliphatic heterocycles. The molecule has 46 valence electrons. The molecule has 0 unspecified atom stereocenters. The molecular formula is C5H10N2S. The highest BCUT2D eigenvalue weighted by molar-refractivity contribution is 7.79. The van der Waals surface area contributed by atoms with E-state index in [9.17, 15) is 0 Å². The van der Waals surface area contributed by atoms with E-state index in [4.69, 9.17) is 11.5 Å². The van der Waals surface area contributed by atoms with Crippen molar-refractivity contribution in [1.82, 2.24) is 0 Å². The zero-order valence-corrected chi connectivity index (χ0v) is 5.66. The smallest absolute Gasteiger partial charge is 0.0613 e. The molecule has 0 aromatic carbocycles. The first-order valence-electron chi connectivity index (χ1n) is 2.41. The second kappa shape index (κ2) is 3.43. The predicted octanol–water partition coefficient (Wildman–Crippen LogP) is 0.525. The first kappa shape index (κ1) is 7.43. The molecule has 0 saturated carbocycles. The number of hydrogen-bond donors (Lipinski definition) is 2. The molecule has 0 bridgehead atoms. The van der Waals surface area contributed by atoms with Gasteiger partial charge in [-0.2, -0.15) is 0 Å². The molecular weight excluding hydrogens is 120 g/mol. The number of rotatable bonds is 2. The zero-order valence-electron chi connectivity index (χ0n) is 4.85. The fourth-order valence-corrected chi connectivity index (χ4v) is 0.431. The average molecular weight is 130 g/mol. The highest BCUT2D eigenvalue weighted by Crippen LogP contribution is 1.91. The van der Waals surface area contributed by atoms with Gasteiger partial charge in [0, 0.05) is 11.1 Å². The number of allylic oxidation sites excluding steroid dienone is 2. The maximum atomic E-state index is 5.38. The summed E-state index contributed by atoms with van der Waals surface area (Å²) in [5.74, 6) is 0. The van der Waals surface area contributed by atoms with Crippen LogP contribution in [0.2, 0.25) is 0 Å². The van der Waals surface area contributed by atoms with E-state index in [1.54, 1.807) is 0 Å². The van der Waals surface area contributed by atoms with Crippen molar-refractivity contribution in [2.45, 2.75) is 13.3 Å². The molecule has 3 heteroatoms. The quantitative estimate of drug-likeness (QED) is 0.423. The van der Waals surface area contributed by atoms with Gasteiger partial charge in [-0.15, -0.1) is 0 Å². The summed E-state index contributed by atoms with van der Waals surface area (Å²) >= 11 is 4.53. The molecule has 8 heavy (non-hydrogen) atoms. The largest absolute Gasteiger partial charge is 0.400 e. The molecule has 0 aromatic rings. The Kier molecular flexibility index (Phi) is 3.19. The molecule has 0 spiro atoms. The van der Waals surface area contributed by atoms with Crippen LogP contribution in [0, 0.1) is 0 Å². The summed E-state index contributed by atoms with van der Waals surface area (Å²) in [6.07, 6.45) is 0.763. The predicted molar refractivity (Wildman–Crippen MR) is 39.3 cm³/mol. The normalized spacial score (nSPS) is 12.6. The van der Waals surface area contributed by atoms with Gasteiger partial charge in [0.2, 0.25) is 0 Å². The van der Waals surface area contributed by atoms with Gasteiger partial charge in [-0.05, 0) is 6.42 Å². The molecule has 0 aromatic heterocycles. The van der Waals surface area contributed by atoms with Crippen LogP contribution in [0.25, 0.3) is 0 Å². The molecule has 0 saturated heterocycles. The van der Waals surface area contributed by atoms with Gasteiger partial charge in [0.05, 0.1) is 5.70 Å². The second-order valence-corrected chi connectivity index (χ2v) is 1.69. The highest BCUT2D eigenvalue weighted by atomic mass is 32.1. The summed E-state index contributed by atoms with van der Waals surface area (Å²) in [4.78, 5) is 0. The van der Waals surface area contributed by atoms with Crippen LogP contribution in [-0.2, 0) is 0 Å². The molecule has 0 fully saturated rings. The van der Waals surface area contributed by atoms with Crippen molar-refractivity contribution < 1.29 is 0 Å². The minimum absolute atomic E-state index is 0.516. The van der Waals surface area contributed by atoms with Crippen molar-refractivity contribution in [2.75, 3.05) is 0 Å². The van der Waals surface area contributed by atoms with E-state index in [0.29, 0.717) is 11.4 Å². The van der Waals surface area contributed by atoms with Crippen LogP contribution in [0.1, 0.15) is 13.3 Å². The monoisotopic (exact) mass is 130 g/mol. The summed E-state index contributed by atoms with van der Waals surface area (Å²) in [7, 11) is 0. The number of thiocarbonyl (C=S) groups is 1. The molecule has 0 atom stereocenters. The second-order valence-electron chi connectivity index (χ2n) is 1.45. The Morgan fingerprint density at radius 1 is 1.62 bits per heavy atom. The molecule has 0 heterocycles. The van der Waals surface area contributed by atoms with Gasteiger partial charge in [0.1, 0.15) is 0 Å². The maximum absolute atomic E-state index is 5.38. The van der Waals surface area contributed by atoms with Gasteiger partial charge in [0.15, 0.2) is 0 Å². The van der Waals surface area contributed by atoms with E-state index in [1.807, 2.05) is 6.92 Å². The Morgan fingerprint density at radius 3 is 2.25 bits per heavy atom. The average Bonchev–Trinajstić information content (AvgIpc) is 1.84. The van der Waals surface area contributed by atoms with Gasteiger partial charge in [-0.25, -0.2) is 0 Å². The molecule has 4 N–H and O–H groups in total. The number of nitrogens with two attached hydrogens (primary N) is 2. The van der Waals surface area contributed by atoms with Crippen molar-refractivity contribution in [3.63, 3.8) is 0 Å². The highest BCUT2D eigenvalue weighted by Gasteiger charge is 1.88. The van der Waals surface area contributed by atoms with Crippen molar-refractivity contribution in [3.05, 3.63) is 11.4 Å². The van der Waals surface area contributed by atoms with Crippen LogP contribution in [0.5, 0.6) is 0 Å². The van der Waals surface area contributed by atoms with Gasteiger partial charge in [0.25, 0.3) is 0 Å². The van der Waals surface area contributed by atoms with E-state index in [0.717, 1.165) is 6.42 Å². The molecule has 0 aliphatic rings. The Morgan fingerprint density at radius 2 is 2.12 bits per heavy atom. The van der Waals surface area contributed by atoms with Gasteiger partial charge >= 0.3 is 0 Å². The lowest BCUT2D eigenvalue weighted by Crippen LogP contribution is -2.08. The van der Waals surface area contributed by atoms with Crippen LogP contribution < -0.4 is 11.5 Å². The van der Waals surface area contributed by atoms with E-state index in [1.165, 1.54) is 5.37 Å². The lowest BCUT2D eigenvalue weighted by molar-refractivity contribution is 1.04. The van der Waals surface area contributed by atoms with Crippen LogP contribution in [0.3, 0.4) is 0 Å². The third kappa shape index (κ3) is 1.93. The fourth-order valence-electron chi connectivity index (χ4n) is 0.280. The summed E-state index contributed by atoms with van der Waals surface area (Å²) in [5.41, 5.74) is 11.9. The summed E-state index contributed by atoms with van der Waals surface area (Å²) in [6.45, 7) is 1.93. The van der Waals surface area contributed by atoms with Gasteiger partial charge in [-0.1, -0.05) is 19.1 Å². The number of hydrogen-bond acceptors (Lipinski definition) is 3. The van der Waals surface area contributed by atoms with Crippen molar-refractivity contribution in [2.24, 2.45) is 11.5 Å². The lowest BCUT2D eigenvalue weighted by Gasteiger charge is -1.95. The Bertz CT molecular complexity index is 118. The van der Waals surface area contributed by atoms with Crippen LogP contribution in [0.15, 0.2) is 11.4 Å². The third-order valence-electron chi connectivity index (χ3n) is 0.879.